The SMILES string of the molecule is COC(=O)COc1ncccc1-c1ccc(Cl)c(C(=O)NCC23CC4CC(CC(C4)C2)C3)c1. The first-order chi connectivity index (χ1) is 15.9. The van der Waals surface area contributed by atoms with Crippen molar-refractivity contribution in [2.45, 2.75) is 38.5 Å². The Labute approximate surface area is 199 Å². The molecule has 0 spiro atoms. The molecule has 4 aliphatic carbocycles. The zero-order chi connectivity index (χ0) is 23.0. The second-order valence-electron chi connectivity index (χ2n) is 10.0. The first-order valence-electron chi connectivity index (χ1n) is 11.7. The molecule has 33 heavy (non-hydrogen) atoms. The summed E-state index contributed by atoms with van der Waals surface area (Å²) >= 11 is 6.43. The number of hydrogen-bond acceptors (Lipinski definition) is 5. The molecule has 2 aromatic rings. The van der Waals surface area contributed by atoms with E-state index < -0.39 is 5.97 Å². The second kappa shape index (κ2) is 8.98. The number of ether oxygens (including phenoxy) is 2. The molecule has 1 heterocycles. The lowest BCUT2D eigenvalue weighted by Gasteiger charge is -2.56. The summed E-state index contributed by atoms with van der Waals surface area (Å²) in [7, 11) is 1.30. The topological polar surface area (TPSA) is 77.5 Å². The number of nitrogens with zero attached hydrogens (tertiary/aromatic N) is 1. The molecule has 4 aliphatic rings. The number of esters is 1. The summed E-state index contributed by atoms with van der Waals surface area (Å²) < 4.78 is 10.2. The molecular formula is C26H29ClN2O4. The number of carbonyl (C=O) groups excluding carboxylic acids is 2. The maximum Gasteiger partial charge on any atom is 0.343 e. The second-order valence-corrected chi connectivity index (χ2v) is 10.4. The van der Waals surface area contributed by atoms with Gasteiger partial charge in [-0.15, -0.1) is 0 Å². The molecule has 0 atom stereocenters. The fraction of sp³-hybridized carbons (Fsp3) is 0.500. The van der Waals surface area contributed by atoms with Gasteiger partial charge in [-0.05, 0) is 91.5 Å². The molecule has 1 amide bonds. The van der Waals surface area contributed by atoms with Crippen LogP contribution in [-0.2, 0) is 9.53 Å². The van der Waals surface area contributed by atoms with E-state index in [1.54, 1.807) is 24.4 Å². The Morgan fingerprint density at radius 3 is 2.48 bits per heavy atom. The maximum atomic E-state index is 13.2. The highest BCUT2D eigenvalue weighted by Gasteiger charge is 2.50. The molecule has 1 N–H and O–H groups in total. The van der Waals surface area contributed by atoms with Gasteiger partial charge in [-0.1, -0.05) is 17.7 Å². The number of rotatable bonds is 7. The standard InChI is InChI=1S/C26H29ClN2O4/c1-32-23(30)14-33-25-20(3-2-6-28-25)19-4-5-22(27)21(10-19)24(31)29-15-26-11-16-7-17(12-26)9-18(8-16)13-26/h2-6,10,16-18H,7-9,11-15H2,1H3,(H,29,31). The highest BCUT2D eigenvalue weighted by molar-refractivity contribution is 6.34. The Bertz CT molecular complexity index is 1030. The number of carbonyl (C=O) groups is 2. The molecule has 6 nitrogen and oxygen atoms in total. The van der Waals surface area contributed by atoms with Gasteiger partial charge in [0, 0.05) is 18.3 Å². The molecule has 1 aromatic heterocycles. The van der Waals surface area contributed by atoms with Crippen molar-refractivity contribution in [3.05, 3.63) is 47.1 Å². The van der Waals surface area contributed by atoms with Gasteiger partial charge in [0.1, 0.15) is 0 Å². The third kappa shape index (κ3) is 4.58. The fourth-order valence-electron chi connectivity index (χ4n) is 6.65. The van der Waals surface area contributed by atoms with Crippen molar-refractivity contribution in [2.75, 3.05) is 20.3 Å². The van der Waals surface area contributed by atoms with Gasteiger partial charge in [-0.3, -0.25) is 4.79 Å². The van der Waals surface area contributed by atoms with Gasteiger partial charge in [-0.2, -0.15) is 0 Å². The average molecular weight is 469 g/mol. The Kier molecular flexibility index (Phi) is 6.04. The summed E-state index contributed by atoms with van der Waals surface area (Å²) in [6.07, 6.45) is 9.45. The van der Waals surface area contributed by atoms with Crippen LogP contribution in [0.5, 0.6) is 5.88 Å². The predicted octanol–water partition coefficient (Wildman–Crippen LogP) is 4.90. The number of pyridine rings is 1. The Morgan fingerprint density at radius 1 is 1.12 bits per heavy atom. The van der Waals surface area contributed by atoms with Crippen LogP contribution < -0.4 is 10.1 Å². The van der Waals surface area contributed by atoms with Crippen LogP contribution >= 0.6 is 11.6 Å². The van der Waals surface area contributed by atoms with Gasteiger partial charge in [0.05, 0.1) is 17.7 Å². The normalized spacial score (nSPS) is 27.3. The highest BCUT2D eigenvalue weighted by Crippen LogP contribution is 2.59. The monoisotopic (exact) mass is 468 g/mol. The number of hydrogen-bond donors (Lipinski definition) is 1. The van der Waals surface area contributed by atoms with E-state index in [9.17, 15) is 9.59 Å². The molecule has 0 saturated heterocycles. The third-order valence-electron chi connectivity index (χ3n) is 7.64. The predicted molar refractivity (Wildman–Crippen MR) is 125 cm³/mol. The van der Waals surface area contributed by atoms with E-state index in [1.165, 1.54) is 45.6 Å². The van der Waals surface area contributed by atoms with Crippen molar-refractivity contribution in [2.24, 2.45) is 23.2 Å². The van der Waals surface area contributed by atoms with E-state index >= 15 is 0 Å². The number of aromatic nitrogens is 1. The summed E-state index contributed by atoms with van der Waals surface area (Å²) in [5.74, 6) is 2.17. The zero-order valence-electron chi connectivity index (χ0n) is 18.8. The number of methoxy groups -OCH3 is 1. The molecule has 6 rings (SSSR count). The van der Waals surface area contributed by atoms with E-state index in [0.29, 0.717) is 22.0 Å². The van der Waals surface area contributed by atoms with Crippen molar-refractivity contribution >= 4 is 23.5 Å². The van der Waals surface area contributed by atoms with Crippen LogP contribution in [0.2, 0.25) is 5.02 Å². The lowest BCUT2D eigenvalue weighted by atomic mass is 9.49. The van der Waals surface area contributed by atoms with Crippen LogP contribution in [0.4, 0.5) is 0 Å². The Balaban J connectivity index is 1.32. The summed E-state index contributed by atoms with van der Waals surface area (Å²) in [6.45, 7) is 0.475. The number of amides is 1. The van der Waals surface area contributed by atoms with Crippen molar-refractivity contribution in [3.63, 3.8) is 0 Å². The third-order valence-corrected chi connectivity index (χ3v) is 7.97. The Morgan fingerprint density at radius 2 is 1.82 bits per heavy atom. The van der Waals surface area contributed by atoms with E-state index in [-0.39, 0.29) is 17.9 Å². The van der Waals surface area contributed by atoms with Crippen LogP contribution in [0.15, 0.2) is 36.5 Å². The summed E-state index contributed by atoms with van der Waals surface area (Å²) in [4.78, 5) is 28.9. The van der Waals surface area contributed by atoms with E-state index in [4.69, 9.17) is 16.3 Å². The molecule has 174 valence electrons. The quantitative estimate of drug-likeness (QED) is 0.585. The van der Waals surface area contributed by atoms with E-state index in [2.05, 4.69) is 15.0 Å². The lowest BCUT2D eigenvalue weighted by Crippen LogP contribution is -2.51. The van der Waals surface area contributed by atoms with Gasteiger partial charge in [0.15, 0.2) is 6.61 Å². The van der Waals surface area contributed by atoms with Crippen LogP contribution in [0.3, 0.4) is 0 Å². The average Bonchev–Trinajstić information content (AvgIpc) is 2.81. The molecule has 1 aromatic carbocycles. The van der Waals surface area contributed by atoms with Gasteiger partial charge < -0.3 is 14.8 Å². The van der Waals surface area contributed by atoms with Gasteiger partial charge in [-0.25, -0.2) is 9.78 Å². The lowest BCUT2D eigenvalue weighted by molar-refractivity contribution is -0.143. The maximum absolute atomic E-state index is 13.2. The van der Waals surface area contributed by atoms with Crippen LogP contribution in [0, 0.1) is 23.2 Å². The van der Waals surface area contributed by atoms with Crippen molar-refractivity contribution in [1.82, 2.24) is 10.3 Å². The smallest absolute Gasteiger partial charge is 0.343 e. The number of halogens is 1. The van der Waals surface area contributed by atoms with Crippen molar-refractivity contribution in [1.29, 1.82) is 0 Å². The summed E-state index contributed by atoms with van der Waals surface area (Å²) in [5.41, 5.74) is 2.11. The summed E-state index contributed by atoms with van der Waals surface area (Å²) in [5, 5.41) is 3.61. The fourth-order valence-corrected chi connectivity index (χ4v) is 6.85. The number of nitrogens with one attached hydrogen (secondary N) is 1. The molecule has 7 heteroatoms. The molecule has 4 bridgehead atoms. The van der Waals surface area contributed by atoms with E-state index in [1.807, 2.05) is 12.1 Å². The van der Waals surface area contributed by atoms with Crippen LogP contribution in [0.1, 0.15) is 48.9 Å². The van der Waals surface area contributed by atoms with Gasteiger partial charge in [0.25, 0.3) is 5.91 Å². The van der Waals surface area contributed by atoms with Crippen LogP contribution in [-0.4, -0.2) is 37.1 Å². The highest BCUT2D eigenvalue weighted by atomic mass is 35.5. The molecule has 0 unspecified atom stereocenters. The van der Waals surface area contributed by atoms with E-state index in [0.717, 1.165) is 29.9 Å². The molecule has 4 fully saturated rings. The largest absolute Gasteiger partial charge is 0.466 e. The summed E-state index contributed by atoms with van der Waals surface area (Å²) in [6, 6.07) is 8.91. The number of benzene rings is 1. The minimum Gasteiger partial charge on any atom is -0.466 e. The van der Waals surface area contributed by atoms with Gasteiger partial charge in [0.2, 0.25) is 5.88 Å². The molecule has 0 aliphatic heterocycles. The van der Waals surface area contributed by atoms with Crippen LogP contribution in [0.25, 0.3) is 11.1 Å². The first-order valence-corrected chi connectivity index (χ1v) is 12.1. The molecule has 4 saturated carbocycles. The minimum absolute atomic E-state index is 0.154. The Hall–Kier alpha value is -2.60. The van der Waals surface area contributed by atoms with Crippen molar-refractivity contribution < 1.29 is 19.1 Å². The molecule has 0 radical (unpaired) electrons. The van der Waals surface area contributed by atoms with Gasteiger partial charge >= 0.3 is 5.97 Å². The van der Waals surface area contributed by atoms with Crippen molar-refractivity contribution in [3.8, 4) is 17.0 Å². The first kappa shape index (κ1) is 22.2. The zero-order valence-corrected chi connectivity index (χ0v) is 19.6. The molecular weight excluding hydrogens is 440 g/mol. The minimum atomic E-state index is -0.493.